The predicted molar refractivity (Wildman–Crippen MR) is 223 cm³/mol. The number of aliphatic hydroxyl groups is 1. The van der Waals surface area contributed by atoms with Gasteiger partial charge in [0.1, 0.15) is 0 Å². The van der Waals surface area contributed by atoms with E-state index in [0.29, 0.717) is 42.6 Å². The molecule has 0 aromatic heterocycles. The van der Waals surface area contributed by atoms with Gasteiger partial charge < -0.3 is 24.2 Å². The Labute approximate surface area is 322 Å². The van der Waals surface area contributed by atoms with Crippen molar-refractivity contribution in [2.24, 2.45) is 0 Å². The summed E-state index contributed by atoms with van der Waals surface area (Å²) in [4.78, 5) is 14.9. The topological polar surface area (TPSA) is 68.2 Å². The summed E-state index contributed by atoms with van der Waals surface area (Å²) in [6.07, 6.45) is 38.2. The Bertz CT molecular complexity index is 890. The molecule has 0 radical (unpaired) electrons. The van der Waals surface area contributed by atoms with Gasteiger partial charge in [0.25, 0.3) is 5.91 Å². The Morgan fingerprint density at radius 3 is 1.08 bits per heavy atom. The van der Waals surface area contributed by atoms with E-state index in [1.54, 1.807) is 11.9 Å². The zero-order chi connectivity index (χ0) is 37.7. The highest BCUT2D eigenvalue weighted by molar-refractivity contribution is 5.95. The summed E-state index contributed by atoms with van der Waals surface area (Å²) >= 11 is 0. The minimum atomic E-state index is -0.150. The number of nitrogens with zero attached hydrogens (tertiary/aromatic N) is 1. The van der Waals surface area contributed by atoms with Gasteiger partial charge in [-0.3, -0.25) is 4.79 Å². The highest BCUT2D eigenvalue weighted by Gasteiger charge is 2.21. The van der Waals surface area contributed by atoms with Gasteiger partial charge in [-0.25, -0.2) is 0 Å². The second-order valence-corrected chi connectivity index (χ2v) is 15.3. The van der Waals surface area contributed by atoms with E-state index in [1.807, 2.05) is 12.1 Å². The summed E-state index contributed by atoms with van der Waals surface area (Å²) in [6.45, 7) is 8.80. The van der Waals surface area contributed by atoms with Crippen molar-refractivity contribution < 1.29 is 24.1 Å². The van der Waals surface area contributed by atoms with Crippen LogP contribution in [0.4, 0.5) is 0 Å². The molecule has 0 aliphatic carbocycles. The molecule has 1 amide bonds. The van der Waals surface area contributed by atoms with E-state index < -0.39 is 0 Å². The molecule has 0 spiro atoms. The van der Waals surface area contributed by atoms with Crippen molar-refractivity contribution in [2.45, 2.75) is 213 Å². The fourth-order valence-electron chi connectivity index (χ4n) is 6.84. The van der Waals surface area contributed by atoms with Crippen LogP contribution in [0.3, 0.4) is 0 Å². The first-order valence-electron chi connectivity index (χ1n) is 22.5. The van der Waals surface area contributed by atoms with Gasteiger partial charge in [-0.1, -0.05) is 194 Å². The molecule has 1 N–H and O–H groups in total. The van der Waals surface area contributed by atoms with Crippen molar-refractivity contribution in [1.29, 1.82) is 0 Å². The van der Waals surface area contributed by atoms with Crippen molar-refractivity contribution in [3.63, 3.8) is 0 Å². The van der Waals surface area contributed by atoms with Crippen molar-refractivity contribution in [2.75, 3.05) is 40.0 Å². The van der Waals surface area contributed by atoms with E-state index in [1.165, 1.54) is 154 Å². The second kappa shape index (κ2) is 36.0. The lowest BCUT2D eigenvalue weighted by Gasteiger charge is -2.21. The number of carbonyl (C=O) groups excluding carboxylic acids is 1. The van der Waals surface area contributed by atoms with E-state index in [4.69, 9.17) is 14.2 Å². The number of hydrogen-bond acceptors (Lipinski definition) is 5. The minimum absolute atomic E-state index is 0.0769. The third kappa shape index (κ3) is 25.9. The molecule has 0 heterocycles. The van der Waals surface area contributed by atoms with Crippen LogP contribution < -0.4 is 14.2 Å². The summed E-state index contributed by atoms with van der Waals surface area (Å²) < 4.78 is 19.3. The predicted octanol–water partition coefficient (Wildman–Crippen LogP) is 13.6. The largest absolute Gasteiger partial charge is 0.490 e. The average Bonchev–Trinajstić information content (AvgIpc) is 3.15. The van der Waals surface area contributed by atoms with E-state index in [9.17, 15) is 9.90 Å². The number of ether oxygens (including phenoxy) is 3. The highest BCUT2D eigenvalue weighted by atomic mass is 16.5. The average molecular weight is 732 g/mol. The normalized spacial score (nSPS) is 11.2. The summed E-state index contributed by atoms with van der Waals surface area (Å²) in [7, 11) is 1.73. The fourth-order valence-corrected chi connectivity index (χ4v) is 6.84. The smallest absolute Gasteiger partial charge is 0.253 e. The summed E-state index contributed by atoms with van der Waals surface area (Å²) in [6, 6.07) is 3.65. The van der Waals surface area contributed by atoms with Gasteiger partial charge in [0, 0.05) is 19.2 Å². The molecule has 1 aromatic carbocycles. The second-order valence-electron chi connectivity index (χ2n) is 15.3. The number of rotatable bonds is 39. The SMILES string of the molecule is CCCCCCCCCCCCOc1cc(C(=O)N(C)CCO)cc(OCCCCCCCCCCCC)c1OCCCCCCCCCCCC. The van der Waals surface area contributed by atoms with Gasteiger partial charge in [-0.15, -0.1) is 0 Å². The van der Waals surface area contributed by atoms with E-state index in [2.05, 4.69) is 20.8 Å². The van der Waals surface area contributed by atoms with Crippen LogP contribution in [0.25, 0.3) is 0 Å². The number of hydrogen-bond donors (Lipinski definition) is 1. The molecule has 0 unspecified atom stereocenters. The summed E-state index contributed by atoms with van der Waals surface area (Å²) in [5.74, 6) is 1.69. The molecule has 0 saturated heterocycles. The lowest BCUT2D eigenvalue weighted by atomic mass is 10.1. The Kier molecular flexibility index (Phi) is 33.3. The molecule has 0 aliphatic rings. The van der Waals surface area contributed by atoms with Crippen LogP contribution in [0, 0.1) is 0 Å². The highest BCUT2D eigenvalue weighted by Crippen LogP contribution is 2.40. The molecule has 0 aliphatic heterocycles. The Balaban J connectivity index is 2.83. The maximum Gasteiger partial charge on any atom is 0.253 e. The monoisotopic (exact) mass is 732 g/mol. The van der Waals surface area contributed by atoms with Gasteiger partial charge in [0.05, 0.1) is 26.4 Å². The number of unbranched alkanes of at least 4 members (excludes halogenated alkanes) is 27. The molecule has 6 heteroatoms. The molecule has 52 heavy (non-hydrogen) atoms. The lowest BCUT2D eigenvalue weighted by molar-refractivity contribution is 0.0765. The number of amides is 1. The number of aliphatic hydroxyl groups excluding tert-OH is 1. The molecule has 304 valence electrons. The minimum Gasteiger partial charge on any atom is -0.490 e. The van der Waals surface area contributed by atoms with Crippen LogP contribution in [-0.4, -0.2) is 55.9 Å². The first kappa shape index (κ1) is 48.1. The molecule has 0 fully saturated rings. The van der Waals surface area contributed by atoms with Crippen LogP contribution in [0.1, 0.15) is 224 Å². The van der Waals surface area contributed by atoms with Crippen molar-refractivity contribution >= 4 is 5.91 Å². The first-order valence-corrected chi connectivity index (χ1v) is 22.5. The van der Waals surface area contributed by atoms with Gasteiger partial charge >= 0.3 is 0 Å². The third-order valence-corrected chi connectivity index (χ3v) is 10.3. The molecule has 0 saturated carbocycles. The van der Waals surface area contributed by atoms with Crippen LogP contribution >= 0.6 is 0 Å². The van der Waals surface area contributed by atoms with Crippen LogP contribution in [0.15, 0.2) is 12.1 Å². The van der Waals surface area contributed by atoms with Gasteiger partial charge in [-0.05, 0) is 31.4 Å². The summed E-state index contributed by atoms with van der Waals surface area (Å²) in [5, 5.41) is 9.49. The molecular formula is C46H85NO5. The molecule has 1 aromatic rings. The molecular weight excluding hydrogens is 647 g/mol. The van der Waals surface area contributed by atoms with Crippen molar-refractivity contribution in [3.05, 3.63) is 17.7 Å². The Morgan fingerprint density at radius 1 is 0.481 bits per heavy atom. The zero-order valence-corrected chi connectivity index (χ0v) is 34.9. The number of benzene rings is 1. The van der Waals surface area contributed by atoms with Gasteiger partial charge in [-0.2, -0.15) is 0 Å². The van der Waals surface area contributed by atoms with Crippen LogP contribution in [0.5, 0.6) is 17.2 Å². The molecule has 1 rings (SSSR count). The fraction of sp³-hybridized carbons (Fsp3) is 0.848. The molecule has 0 bridgehead atoms. The standard InChI is InChI=1S/C46H85NO5/c1-5-8-11-14-17-20-23-26-29-32-37-50-43-40-42(46(49)47(4)35-36-48)41-44(51-38-33-30-27-24-21-18-15-12-9-6-2)45(43)52-39-34-31-28-25-22-19-16-13-10-7-3/h40-41,48H,5-39H2,1-4H3. The number of carbonyl (C=O) groups is 1. The Hall–Kier alpha value is -1.95. The van der Waals surface area contributed by atoms with E-state index in [-0.39, 0.29) is 19.1 Å². The van der Waals surface area contributed by atoms with Gasteiger partial charge in [0.15, 0.2) is 11.5 Å². The van der Waals surface area contributed by atoms with E-state index >= 15 is 0 Å². The van der Waals surface area contributed by atoms with Crippen LogP contribution in [0.2, 0.25) is 0 Å². The van der Waals surface area contributed by atoms with Crippen molar-refractivity contribution in [1.82, 2.24) is 4.90 Å². The third-order valence-electron chi connectivity index (χ3n) is 10.3. The summed E-state index contributed by atoms with van der Waals surface area (Å²) in [5.41, 5.74) is 0.512. The maximum atomic E-state index is 13.4. The zero-order valence-electron chi connectivity index (χ0n) is 34.9. The molecule has 0 atom stereocenters. The Morgan fingerprint density at radius 2 is 0.769 bits per heavy atom. The van der Waals surface area contributed by atoms with Gasteiger partial charge in [0.2, 0.25) is 5.75 Å². The number of likely N-dealkylation sites (N-methyl/N-ethyl adjacent to an activating group) is 1. The lowest BCUT2D eigenvalue weighted by Crippen LogP contribution is -2.29. The van der Waals surface area contributed by atoms with Crippen LogP contribution in [-0.2, 0) is 0 Å². The van der Waals surface area contributed by atoms with Crippen molar-refractivity contribution in [3.8, 4) is 17.2 Å². The maximum absolute atomic E-state index is 13.4. The quantitative estimate of drug-likeness (QED) is 0.0683. The molecule has 6 nitrogen and oxygen atoms in total. The van der Waals surface area contributed by atoms with E-state index in [0.717, 1.165) is 38.5 Å². The first-order chi connectivity index (χ1) is 25.6.